The summed E-state index contributed by atoms with van der Waals surface area (Å²) in [6.07, 6.45) is 0.868. The molecule has 0 atom stereocenters. The average molecular weight is 242 g/mol. The van der Waals surface area contributed by atoms with Crippen LogP contribution >= 0.6 is 11.3 Å². The number of carbonyl (C=O) groups excluding carboxylic acids is 1. The van der Waals surface area contributed by atoms with E-state index in [1.54, 1.807) is 0 Å². The van der Waals surface area contributed by atoms with Gasteiger partial charge in [0, 0.05) is 19.7 Å². The molecule has 5 heteroatoms. The van der Waals surface area contributed by atoms with Crippen LogP contribution < -0.4 is 4.90 Å². The monoisotopic (exact) mass is 242 g/mol. The summed E-state index contributed by atoms with van der Waals surface area (Å²) in [4.78, 5) is 18.0. The van der Waals surface area contributed by atoms with E-state index in [9.17, 15) is 4.79 Å². The highest BCUT2D eigenvalue weighted by Crippen LogP contribution is 2.24. The van der Waals surface area contributed by atoms with Gasteiger partial charge in [0.25, 0.3) is 0 Å². The number of carbonyl (C=O) groups is 1. The van der Waals surface area contributed by atoms with Crippen molar-refractivity contribution in [2.75, 3.05) is 31.2 Å². The predicted octanol–water partition coefficient (Wildman–Crippen LogP) is 2.13. The van der Waals surface area contributed by atoms with Crippen molar-refractivity contribution in [3.05, 3.63) is 10.6 Å². The Bertz CT molecular complexity index is 339. The molecule has 0 saturated heterocycles. The molecule has 0 aliphatic heterocycles. The molecule has 1 heterocycles. The van der Waals surface area contributed by atoms with Crippen molar-refractivity contribution in [1.82, 2.24) is 4.98 Å². The van der Waals surface area contributed by atoms with Gasteiger partial charge in [-0.15, -0.1) is 0 Å². The molecule has 0 unspecified atom stereocenters. The lowest BCUT2D eigenvalue weighted by atomic mass is 10.4. The van der Waals surface area contributed by atoms with E-state index in [1.165, 1.54) is 11.3 Å². The Hall–Kier alpha value is -0.940. The van der Waals surface area contributed by atoms with Crippen LogP contribution in [0.4, 0.5) is 5.13 Å². The molecule has 0 saturated carbocycles. The van der Waals surface area contributed by atoms with Gasteiger partial charge in [-0.3, -0.25) is 4.79 Å². The Labute approximate surface area is 100 Å². The maximum atomic E-state index is 10.7. The van der Waals surface area contributed by atoms with Crippen LogP contribution in [-0.2, 0) is 4.74 Å². The fourth-order valence-electron chi connectivity index (χ4n) is 1.35. The largest absolute Gasteiger partial charge is 0.380 e. The van der Waals surface area contributed by atoms with Gasteiger partial charge in [0.15, 0.2) is 11.4 Å². The number of anilines is 1. The zero-order valence-electron chi connectivity index (χ0n) is 10.0. The zero-order chi connectivity index (χ0) is 12.0. The van der Waals surface area contributed by atoms with Crippen molar-refractivity contribution in [3.8, 4) is 0 Å². The van der Waals surface area contributed by atoms with Crippen LogP contribution in [0.15, 0.2) is 0 Å². The van der Waals surface area contributed by atoms with E-state index < -0.39 is 0 Å². The number of aryl methyl sites for hydroxylation is 1. The van der Waals surface area contributed by atoms with Crippen LogP contribution in [0.2, 0.25) is 0 Å². The number of hydrogen-bond donors (Lipinski definition) is 0. The van der Waals surface area contributed by atoms with Gasteiger partial charge >= 0.3 is 0 Å². The van der Waals surface area contributed by atoms with Crippen molar-refractivity contribution < 1.29 is 9.53 Å². The average Bonchev–Trinajstić information content (AvgIpc) is 2.66. The molecule has 0 amide bonds. The lowest BCUT2D eigenvalue weighted by Gasteiger charge is -2.19. The van der Waals surface area contributed by atoms with Crippen molar-refractivity contribution in [3.63, 3.8) is 0 Å². The first-order chi connectivity index (χ1) is 7.72. The minimum atomic E-state index is 0.694. The molecule has 1 aromatic heterocycles. The van der Waals surface area contributed by atoms with Gasteiger partial charge in [0.05, 0.1) is 17.2 Å². The zero-order valence-corrected chi connectivity index (χ0v) is 10.8. The highest BCUT2D eigenvalue weighted by molar-refractivity contribution is 7.17. The topological polar surface area (TPSA) is 42.4 Å². The first kappa shape index (κ1) is 13.1. The summed E-state index contributed by atoms with van der Waals surface area (Å²) in [6, 6.07) is 0. The molecule has 0 radical (unpaired) electrons. The lowest BCUT2D eigenvalue weighted by Crippen LogP contribution is -2.27. The van der Waals surface area contributed by atoms with Crippen LogP contribution in [0, 0.1) is 6.92 Å². The van der Waals surface area contributed by atoms with Crippen LogP contribution in [0.25, 0.3) is 0 Å². The molecule has 0 fully saturated rings. The van der Waals surface area contributed by atoms with E-state index >= 15 is 0 Å². The van der Waals surface area contributed by atoms with E-state index in [-0.39, 0.29) is 0 Å². The summed E-state index contributed by atoms with van der Waals surface area (Å²) in [5, 5.41) is 0.904. The quantitative estimate of drug-likeness (QED) is 0.542. The third-order valence-electron chi connectivity index (χ3n) is 2.29. The van der Waals surface area contributed by atoms with Gasteiger partial charge in [-0.1, -0.05) is 11.3 Å². The molecule has 0 N–H and O–H groups in total. The van der Waals surface area contributed by atoms with Gasteiger partial charge in [-0.2, -0.15) is 0 Å². The first-order valence-electron chi connectivity index (χ1n) is 5.48. The van der Waals surface area contributed by atoms with Gasteiger partial charge in [-0.25, -0.2) is 4.98 Å². The van der Waals surface area contributed by atoms with Crippen LogP contribution in [0.3, 0.4) is 0 Å². The number of thiazole rings is 1. The lowest BCUT2D eigenvalue weighted by molar-refractivity contribution is 0.112. The van der Waals surface area contributed by atoms with E-state index in [2.05, 4.69) is 16.8 Å². The van der Waals surface area contributed by atoms with E-state index in [1.807, 2.05) is 13.8 Å². The van der Waals surface area contributed by atoms with E-state index in [0.717, 1.165) is 36.8 Å². The molecule has 4 nitrogen and oxygen atoms in total. The fourth-order valence-corrected chi connectivity index (χ4v) is 2.32. The summed E-state index contributed by atoms with van der Waals surface area (Å²) in [5.74, 6) is 0. The number of ether oxygens (including phenoxy) is 1. The SMILES string of the molecule is CCOCCN(CC)c1nc(C)c(C=O)s1. The Morgan fingerprint density at radius 3 is 2.75 bits per heavy atom. The molecule has 0 aliphatic rings. The summed E-state index contributed by atoms with van der Waals surface area (Å²) in [5.41, 5.74) is 0.810. The maximum Gasteiger partial charge on any atom is 0.186 e. The highest BCUT2D eigenvalue weighted by Gasteiger charge is 2.12. The Kier molecular flexibility index (Phi) is 5.42. The number of rotatable bonds is 7. The van der Waals surface area contributed by atoms with Crippen LogP contribution in [0.1, 0.15) is 29.2 Å². The maximum absolute atomic E-state index is 10.7. The third-order valence-corrected chi connectivity index (χ3v) is 3.43. The number of aromatic nitrogens is 1. The van der Waals surface area contributed by atoms with Crippen molar-refractivity contribution >= 4 is 22.8 Å². The molecule has 0 aliphatic carbocycles. The molecule has 1 aromatic rings. The van der Waals surface area contributed by atoms with E-state index in [4.69, 9.17) is 4.74 Å². The number of nitrogens with zero attached hydrogens (tertiary/aromatic N) is 2. The molecular formula is C11H18N2O2S. The summed E-state index contributed by atoms with van der Waals surface area (Å²) in [6.45, 7) is 9.03. The van der Waals surface area contributed by atoms with Crippen molar-refractivity contribution in [2.24, 2.45) is 0 Å². The van der Waals surface area contributed by atoms with Gasteiger partial charge < -0.3 is 9.64 Å². The third kappa shape index (κ3) is 3.28. The second-order valence-electron chi connectivity index (χ2n) is 3.34. The minimum absolute atomic E-state index is 0.694. The van der Waals surface area contributed by atoms with Crippen molar-refractivity contribution in [1.29, 1.82) is 0 Å². The molecule has 90 valence electrons. The van der Waals surface area contributed by atoms with Gasteiger partial charge in [0.1, 0.15) is 0 Å². The minimum Gasteiger partial charge on any atom is -0.380 e. The second-order valence-corrected chi connectivity index (χ2v) is 4.35. The Morgan fingerprint density at radius 2 is 2.25 bits per heavy atom. The normalized spacial score (nSPS) is 10.4. The second kappa shape index (κ2) is 6.60. The Balaban J connectivity index is 2.66. The van der Waals surface area contributed by atoms with E-state index in [0.29, 0.717) is 11.5 Å². The molecule has 0 spiro atoms. The number of aldehydes is 1. The summed E-state index contributed by atoms with van der Waals surface area (Å²) in [7, 11) is 0. The molecule has 1 rings (SSSR count). The standard InChI is InChI=1S/C11H18N2O2S/c1-4-13(6-7-15-5-2)11-12-9(3)10(8-14)16-11/h8H,4-7H2,1-3H3. The van der Waals surface area contributed by atoms with Gasteiger partial charge in [-0.05, 0) is 20.8 Å². The fraction of sp³-hybridized carbons (Fsp3) is 0.636. The highest BCUT2D eigenvalue weighted by atomic mass is 32.1. The summed E-state index contributed by atoms with van der Waals surface area (Å²) >= 11 is 1.44. The van der Waals surface area contributed by atoms with Crippen LogP contribution in [-0.4, -0.2) is 37.6 Å². The molecular weight excluding hydrogens is 224 g/mol. The van der Waals surface area contributed by atoms with Gasteiger partial charge in [0.2, 0.25) is 0 Å². The molecule has 16 heavy (non-hydrogen) atoms. The smallest absolute Gasteiger partial charge is 0.186 e. The molecule has 0 aromatic carbocycles. The molecule has 0 bridgehead atoms. The van der Waals surface area contributed by atoms with Crippen molar-refractivity contribution in [2.45, 2.75) is 20.8 Å². The predicted molar refractivity (Wildman–Crippen MR) is 66.6 cm³/mol. The van der Waals surface area contributed by atoms with Crippen LogP contribution in [0.5, 0.6) is 0 Å². The number of likely N-dealkylation sites (N-methyl/N-ethyl adjacent to an activating group) is 1. The first-order valence-corrected chi connectivity index (χ1v) is 6.29. The number of hydrogen-bond acceptors (Lipinski definition) is 5. The Morgan fingerprint density at radius 1 is 1.50 bits per heavy atom. The summed E-state index contributed by atoms with van der Waals surface area (Å²) < 4.78 is 5.32.